The molecule has 2 unspecified atom stereocenters. The molecule has 0 bridgehead atoms. The van der Waals surface area contributed by atoms with Gasteiger partial charge in [0, 0.05) is 23.7 Å². The molecule has 1 aromatic heterocycles. The predicted molar refractivity (Wildman–Crippen MR) is 86.1 cm³/mol. The van der Waals surface area contributed by atoms with E-state index >= 15 is 0 Å². The molecule has 0 amide bonds. The van der Waals surface area contributed by atoms with Crippen LogP contribution in [-0.4, -0.2) is 16.1 Å². The molecule has 0 N–H and O–H groups in total. The van der Waals surface area contributed by atoms with Crippen molar-refractivity contribution in [3.63, 3.8) is 0 Å². The van der Waals surface area contributed by atoms with Gasteiger partial charge in [-0.05, 0) is 25.0 Å². The van der Waals surface area contributed by atoms with Gasteiger partial charge in [0.05, 0.1) is 11.6 Å². The second-order valence-corrected chi connectivity index (χ2v) is 6.04. The Labute approximate surface area is 131 Å². The van der Waals surface area contributed by atoms with Crippen molar-refractivity contribution in [2.24, 2.45) is 5.92 Å². The number of nitrogens with zero attached hydrogens (tertiary/aromatic N) is 1. The van der Waals surface area contributed by atoms with Crippen molar-refractivity contribution >= 4 is 11.6 Å². The summed E-state index contributed by atoms with van der Waals surface area (Å²) in [7, 11) is 0. The van der Waals surface area contributed by atoms with Gasteiger partial charge in [-0.3, -0.25) is 9.59 Å². The van der Waals surface area contributed by atoms with Crippen LogP contribution < -0.4 is 0 Å². The monoisotopic (exact) mass is 295 g/mol. The largest absolute Gasteiger partial charge is 0.341 e. The molecule has 1 aliphatic heterocycles. The van der Waals surface area contributed by atoms with E-state index in [9.17, 15) is 9.59 Å². The normalized spacial score (nSPS) is 18.0. The molecule has 2 heterocycles. The maximum Gasteiger partial charge on any atom is 0.209 e. The Bertz CT molecular complexity index is 699. The molecule has 114 valence electrons. The van der Waals surface area contributed by atoms with E-state index in [-0.39, 0.29) is 17.6 Å². The highest BCUT2D eigenvalue weighted by molar-refractivity contribution is 6.08. The van der Waals surface area contributed by atoms with E-state index in [2.05, 4.69) is 0 Å². The van der Waals surface area contributed by atoms with Crippen molar-refractivity contribution in [2.75, 3.05) is 0 Å². The van der Waals surface area contributed by atoms with Crippen molar-refractivity contribution < 1.29 is 9.59 Å². The number of Topliss-reactive ketones (excluding diaryl/α,β-unsaturated/α-hetero) is 1. The number of carbonyl (C=O) groups excluding carboxylic acids is 2. The van der Waals surface area contributed by atoms with E-state index in [1.807, 2.05) is 60.9 Å². The summed E-state index contributed by atoms with van der Waals surface area (Å²) in [4.78, 5) is 25.1. The van der Waals surface area contributed by atoms with E-state index in [0.717, 1.165) is 25.1 Å². The van der Waals surface area contributed by atoms with Gasteiger partial charge in [-0.15, -0.1) is 0 Å². The molecule has 3 nitrogen and oxygen atoms in total. The molecule has 2 atom stereocenters. The van der Waals surface area contributed by atoms with Crippen molar-refractivity contribution in [1.82, 2.24) is 4.57 Å². The first-order chi connectivity index (χ1) is 10.6. The van der Waals surface area contributed by atoms with E-state index in [4.69, 9.17) is 0 Å². The zero-order chi connectivity index (χ0) is 15.7. The Morgan fingerprint density at radius 1 is 1.18 bits per heavy atom. The van der Waals surface area contributed by atoms with Gasteiger partial charge in [0.15, 0.2) is 0 Å². The van der Waals surface area contributed by atoms with Gasteiger partial charge in [0.25, 0.3) is 0 Å². The van der Waals surface area contributed by atoms with E-state index in [1.54, 1.807) is 0 Å². The van der Waals surface area contributed by atoms with Crippen molar-refractivity contribution in [3.05, 3.63) is 59.4 Å². The molecule has 0 aliphatic carbocycles. The summed E-state index contributed by atoms with van der Waals surface area (Å²) in [5.74, 6) is 0.369. The fraction of sp³-hybridized carbons (Fsp3) is 0.368. The number of carbonyl (C=O) groups is 2. The second-order valence-electron chi connectivity index (χ2n) is 6.04. The van der Waals surface area contributed by atoms with Gasteiger partial charge in [-0.25, -0.2) is 0 Å². The molecular weight excluding hydrogens is 274 g/mol. The number of hydrogen-bond acceptors (Lipinski definition) is 2. The van der Waals surface area contributed by atoms with Gasteiger partial charge < -0.3 is 4.57 Å². The highest BCUT2D eigenvalue weighted by Crippen LogP contribution is 2.34. The molecular formula is C19H21NO2. The topological polar surface area (TPSA) is 39.1 Å². The van der Waals surface area contributed by atoms with Crippen LogP contribution in [0.2, 0.25) is 0 Å². The number of aromatic nitrogens is 1. The summed E-state index contributed by atoms with van der Waals surface area (Å²) >= 11 is 0. The first kappa shape index (κ1) is 14.8. The third-order valence-corrected chi connectivity index (χ3v) is 4.72. The third-order valence-electron chi connectivity index (χ3n) is 4.72. The van der Waals surface area contributed by atoms with Crippen LogP contribution in [0.25, 0.3) is 0 Å². The summed E-state index contributed by atoms with van der Waals surface area (Å²) < 4.78 is 2.03. The first-order valence-corrected chi connectivity index (χ1v) is 7.96. The standard InChI is InChI=1S/C19H21NO2/c1-3-13(2)18(21)15-11-12-20-16(15)9-10-17(20)19(22)14-7-5-4-6-8-14/h4-10,13,15H,3,11-12H2,1-2H3. The summed E-state index contributed by atoms with van der Waals surface area (Å²) in [5, 5.41) is 0. The highest BCUT2D eigenvalue weighted by atomic mass is 16.1. The second kappa shape index (κ2) is 5.91. The van der Waals surface area contributed by atoms with Gasteiger partial charge in [-0.2, -0.15) is 0 Å². The maximum absolute atomic E-state index is 12.6. The Kier molecular flexibility index (Phi) is 3.97. The zero-order valence-corrected chi connectivity index (χ0v) is 13.1. The van der Waals surface area contributed by atoms with Gasteiger partial charge in [0.1, 0.15) is 5.78 Å². The fourth-order valence-corrected chi connectivity index (χ4v) is 3.21. The number of benzene rings is 1. The van der Waals surface area contributed by atoms with Gasteiger partial charge >= 0.3 is 0 Å². The van der Waals surface area contributed by atoms with Crippen LogP contribution in [0.5, 0.6) is 0 Å². The molecule has 0 saturated carbocycles. The predicted octanol–water partition coefficient (Wildman–Crippen LogP) is 3.82. The van der Waals surface area contributed by atoms with Crippen molar-refractivity contribution in [1.29, 1.82) is 0 Å². The lowest BCUT2D eigenvalue weighted by Gasteiger charge is -2.13. The van der Waals surface area contributed by atoms with E-state index < -0.39 is 0 Å². The molecule has 3 heteroatoms. The number of hydrogen-bond donors (Lipinski definition) is 0. The first-order valence-electron chi connectivity index (χ1n) is 7.96. The third kappa shape index (κ3) is 2.41. The fourth-order valence-electron chi connectivity index (χ4n) is 3.21. The molecule has 22 heavy (non-hydrogen) atoms. The zero-order valence-electron chi connectivity index (χ0n) is 13.1. The van der Waals surface area contributed by atoms with Crippen molar-refractivity contribution in [3.8, 4) is 0 Å². The number of ketones is 2. The Hall–Kier alpha value is -2.16. The maximum atomic E-state index is 12.6. The van der Waals surface area contributed by atoms with Gasteiger partial charge in [-0.1, -0.05) is 44.2 Å². The van der Waals surface area contributed by atoms with Crippen LogP contribution in [0.3, 0.4) is 0 Å². The molecule has 0 radical (unpaired) electrons. The molecule has 0 fully saturated rings. The van der Waals surface area contributed by atoms with Crippen LogP contribution in [0, 0.1) is 5.92 Å². The Morgan fingerprint density at radius 2 is 1.91 bits per heavy atom. The molecule has 0 spiro atoms. The number of rotatable bonds is 5. The minimum absolute atomic E-state index is 0.0310. The summed E-state index contributed by atoms with van der Waals surface area (Å²) in [6, 6.07) is 13.1. The quantitative estimate of drug-likeness (QED) is 0.787. The van der Waals surface area contributed by atoms with Crippen LogP contribution in [0.4, 0.5) is 0 Å². The molecule has 1 aromatic carbocycles. The smallest absolute Gasteiger partial charge is 0.209 e. The van der Waals surface area contributed by atoms with Gasteiger partial charge in [0.2, 0.25) is 5.78 Å². The number of fused-ring (bicyclic) bond motifs is 1. The molecule has 0 saturated heterocycles. The molecule has 3 rings (SSSR count). The average Bonchev–Trinajstić information content (AvgIpc) is 3.15. The van der Waals surface area contributed by atoms with E-state index in [0.29, 0.717) is 17.0 Å². The highest BCUT2D eigenvalue weighted by Gasteiger charge is 2.33. The summed E-state index contributed by atoms with van der Waals surface area (Å²) in [6.07, 6.45) is 1.68. The average molecular weight is 295 g/mol. The lowest BCUT2D eigenvalue weighted by atomic mass is 9.89. The summed E-state index contributed by atoms with van der Waals surface area (Å²) in [5.41, 5.74) is 2.39. The lowest BCUT2D eigenvalue weighted by molar-refractivity contribution is -0.123. The van der Waals surface area contributed by atoms with E-state index in [1.165, 1.54) is 0 Å². The molecule has 1 aliphatic rings. The van der Waals surface area contributed by atoms with Crippen LogP contribution >= 0.6 is 0 Å². The Balaban J connectivity index is 1.90. The minimum Gasteiger partial charge on any atom is -0.341 e. The van der Waals surface area contributed by atoms with Crippen LogP contribution in [-0.2, 0) is 11.3 Å². The SMILES string of the molecule is CCC(C)C(=O)C1CCn2c(C(=O)c3ccccc3)ccc21. The minimum atomic E-state index is -0.0488. The molecule has 2 aromatic rings. The summed E-state index contributed by atoms with van der Waals surface area (Å²) in [6.45, 7) is 4.79. The Morgan fingerprint density at radius 3 is 2.59 bits per heavy atom. The van der Waals surface area contributed by atoms with Crippen LogP contribution in [0.1, 0.15) is 54.4 Å². The lowest BCUT2D eigenvalue weighted by Crippen LogP contribution is -2.17. The van der Waals surface area contributed by atoms with Crippen molar-refractivity contribution in [2.45, 2.75) is 39.2 Å². The van der Waals surface area contributed by atoms with Crippen LogP contribution in [0.15, 0.2) is 42.5 Å².